The zero-order chi connectivity index (χ0) is 21.8. The van der Waals surface area contributed by atoms with Crippen LogP contribution in [0, 0.1) is 5.82 Å². The lowest BCUT2D eigenvalue weighted by Crippen LogP contribution is -2.33. The molecule has 0 amide bonds. The molecule has 0 saturated heterocycles. The van der Waals surface area contributed by atoms with Crippen molar-refractivity contribution in [2.24, 2.45) is 4.99 Å². The van der Waals surface area contributed by atoms with Crippen LogP contribution in [0.15, 0.2) is 71.7 Å². The molecule has 160 valence electrons. The Balaban J connectivity index is 1.74. The van der Waals surface area contributed by atoms with E-state index in [0.29, 0.717) is 24.3 Å². The first-order valence-corrected chi connectivity index (χ1v) is 10.3. The van der Waals surface area contributed by atoms with Gasteiger partial charge in [-0.2, -0.15) is 0 Å². The van der Waals surface area contributed by atoms with Crippen molar-refractivity contribution < 1.29 is 19.0 Å². The molecule has 3 aromatic rings. The number of aliphatic imine (C=N–C) groups is 1. The number of para-hydroxylation sites is 1. The van der Waals surface area contributed by atoms with Crippen LogP contribution >= 0.6 is 0 Å². The Bertz CT molecular complexity index is 1080. The van der Waals surface area contributed by atoms with Crippen molar-refractivity contribution in [3.63, 3.8) is 0 Å². The van der Waals surface area contributed by atoms with Crippen molar-refractivity contribution in [1.29, 1.82) is 0 Å². The zero-order valence-corrected chi connectivity index (χ0v) is 17.5. The third-order valence-electron chi connectivity index (χ3n) is 5.33. The van der Waals surface area contributed by atoms with Crippen LogP contribution in [0.5, 0.6) is 17.2 Å². The second kappa shape index (κ2) is 9.18. The van der Waals surface area contributed by atoms with Gasteiger partial charge in [0, 0.05) is 23.7 Å². The number of phenols is 1. The number of phenolic OH excluding ortho intramolecular Hbond substituents is 1. The van der Waals surface area contributed by atoms with Gasteiger partial charge in [-0.3, -0.25) is 10.3 Å². The highest BCUT2D eigenvalue weighted by Crippen LogP contribution is 2.39. The lowest BCUT2D eigenvalue weighted by Gasteiger charge is -2.31. The molecule has 1 heterocycles. The minimum absolute atomic E-state index is 0.107. The SMILES string of the molecule is CCOc1cccc(C2CC(c3ccc(OC)cc3)=NC(c3cccc(F)c3)N2)c1O. The maximum absolute atomic E-state index is 13.9. The molecular weight excluding hydrogens is 395 g/mol. The molecule has 0 fully saturated rings. The molecule has 0 spiro atoms. The van der Waals surface area contributed by atoms with Gasteiger partial charge in [0.05, 0.1) is 13.7 Å². The van der Waals surface area contributed by atoms with Crippen LogP contribution in [0.1, 0.15) is 42.2 Å². The summed E-state index contributed by atoms with van der Waals surface area (Å²) in [4.78, 5) is 4.87. The van der Waals surface area contributed by atoms with Crippen LogP contribution in [-0.4, -0.2) is 24.5 Å². The summed E-state index contributed by atoms with van der Waals surface area (Å²) in [5, 5.41) is 14.3. The Hall–Kier alpha value is -3.38. The summed E-state index contributed by atoms with van der Waals surface area (Å²) in [6.45, 7) is 2.33. The Kier molecular flexibility index (Phi) is 6.18. The van der Waals surface area contributed by atoms with Gasteiger partial charge in [-0.05, 0) is 60.5 Å². The standard InChI is InChI=1S/C25H25FN2O3/c1-3-31-23-9-5-8-20(24(23)29)22-15-21(16-10-12-19(30-2)13-11-16)27-25(28-22)17-6-4-7-18(26)14-17/h4-14,22,25,28-29H,3,15H2,1-2H3. The molecule has 6 heteroatoms. The number of hydrogen-bond acceptors (Lipinski definition) is 5. The highest BCUT2D eigenvalue weighted by molar-refractivity contribution is 6.01. The van der Waals surface area contributed by atoms with Crippen molar-refractivity contribution >= 4 is 5.71 Å². The molecule has 2 unspecified atom stereocenters. The van der Waals surface area contributed by atoms with E-state index in [9.17, 15) is 9.50 Å². The van der Waals surface area contributed by atoms with Crippen LogP contribution in [0.3, 0.4) is 0 Å². The Morgan fingerprint density at radius 1 is 1.10 bits per heavy atom. The first-order valence-electron chi connectivity index (χ1n) is 10.3. The molecule has 0 aromatic heterocycles. The van der Waals surface area contributed by atoms with E-state index >= 15 is 0 Å². The summed E-state index contributed by atoms with van der Waals surface area (Å²) < 4.78 is 24.7. The number of benzene rings is 3. The topological polar surface area (TPSA) is 63.1 Å². The van der Waals surface area contributed by atoms with Gasteiger partial charge in [-0.1, -0.05) is 24.3 Å². The lowest BCUT2D eigenvalue weighted by molar-refractivity contribution is 0.313. The maximum atomic E-state index is 13.9. The molecule has 0 aliphatic carbocycles. The van der Waals surface area contributed by atoms with Gasteiger partial charge in [0.2, 0.25) is 0 Å². The summed E-state index contributed by atoms with van der Waals surface area (Å²) in [5.41, 5.74) is 3.25. The summed E-state index contributed by atoms with van der Waals surface area (Å²) in [6.07, 6.45) is 0.100. The van der Waals surface area contributed by atoms with Gasteiger partial charge >= 0.3 is 0 Å². The number of methoxy groups -OCH3 is 1. The van der Waals surface area contributed by atoms with E-state index in [1.807, 2.05) is 49.4 Å². The van der Waals surface area contributed by atoms with E-state index in [0.717, 1.165) is 22.6 Å². The molecule has 5 nitrogen and oxygen atoms in total. The van der Waals surface area contributed by atoms with Crippen LogP contribution < -0.4 is 14.8 Å². The van der Waals surface area contributed by atoms with Gasteiger partial charge < -0.3 is 14.6 Å². The molecule has 1 aliphatic heterocycles. The van der Waals surface area contributed by atoms with Crippen molar-refractivity contribution in [2.45, 2.75) is 25.6 Å². The third-order valence-corrected chi connectivity index (χ3v) is 5.33. The van der Waals surface area contributed by atoms with E-state index in [-0.39, 0.29) is 17.6 Å². The van der Waals surface area contributed by atoms with Crippen molar-refractivity contribution in [2.75, 3.05) is 13.7 Å². The molecule has 2 N–H and O–H groups in total. The van der Waals surface area contributed by atoms with Crippen molar-refractivity contribution in [3.8, 4) is 17.2 Å². The minimum atomic E-state index is -0.457. The first kappa shape index (κ1) is 20.9. The fourth-order valence-corrected chi connectivity index (χ4v) is 3.80. The Labute approximate surface area is 181 Å². The summed E-state index contributed by atoms with van der Waals surface area (Å²) in [7, 11) is 1.63. The second-order valence-electron chi connectivity index (χ2n) is 7.31. The highest BCUT2D eigenvalue weighted by atomic mass is 19.1. The van der Waals surface area contributed by atoms with Crippen LogP contribution in [0.2, 0.25) is 0 Å². The first-order chi connectivity index (χ1) is 15.1. The van der Waals surface area contributed by atoms with E-state index < -0.39 is 6.17 Å². The Morgan fingerprint density at radius 2 is 1.87 bits per heavy atom. The maximum Gasteiger partial charge on any atom is 0.162 e. The van der Waals surface area contributed by atoms with Gasteiger partial charge in [-0.25, -0.2) is 4.39 Å². The number of nitrogens with one attached hydrogen (secondary N) is 1. The zero-order valence-electron chi connectivity index (χ0n) is 17.5. The van der Waals surface area contributed by atoms with Crippen molar-refractivity contribution in [3.05, 3.63) is 89.2 Å². The second-order valence-corrected chi connectivity index (χ2v) is 7.31. The fourth-order valence-electron chi connectivity index (χ4n) is 3.80. The quantitative estimate of drug-likeness (QED) is 0.578. The van der Waals surface area contributed by atoms with Gasteiger partial charge in [0.1, 0.15) is 17.7 Å². The molecule has 4 rings (SSSR count). The van der Waals surface area contributed by atoms with Crippen LogP contribution in [0.25, 0.3) is 0 Å². The average molecular weight is 420 g/mol. The normalized spacial score (nSPS) is 18.4. The molecule has 31 heavy (non-hydrogen) atoms. The van der Waals surface area contributed by atoms with E-state index in [4.69, 9.17) is 14.5 Å². The molecule has 3 aromatic carbocycles. The molecule has 0 saturated carbocycles. The number of nitrogens with zero attached hydrogens (tertiary/aromatic N) is 1. The van der Waals surface area contributed by atoms with Gasteiger partial charge in [0.15, 0.2) is 11.5 Å². The largest absolute Gasteiger partial charge is 0.504 e. The van der Waals surface area contributed by atoms with Crippen LogP contribution in [0.4, 0.5) is 4.39 Å². The van der Waals surface area contributed by atoms with Crippen molar-refractivity contribution in [1.82, 2.24) is 5.32 Å². The van der Waals surface area contributed by atoms with Gasteiger partial charge in [-0.15, -0.1) is 0 Å². The van der Waals surface area contributed by atoms with Crippen LogP contribution in [-0.2, 0) is 0 Å². The van der Waals surface area contributed by atoms with E-state index in [1.165, 1.54) is 12.1 Å². The average Bonchev–Trinajstić information content (AvgIpc) is 2.80. The monoisotopic (exact) mass is 420 g/mol. The van der Waals surface area contributed by atoms with E-state index in [1.54, 1.807) is 19.2 Å². The molecule has 0 bridgehead atoms. The van der Waals surface area contributed by atoms with E-state index in [2.05, 4.69) is 5.32 Å². The smallest absolute Gasteiger partial charge is 0.162 e. The molecule has 2 atom stereocenters. The number of ether oxygens (including phenoxy) is 2. The number of halogens is 1. The number of rotatable bonds is 6. The Morgan fingerprint density at radius 3 is 2.58 bits per heavy atom. The summed E-state index contributed by atoms with van der Waals surface area (Å²) >= 11 is 0. The third kappa shape index (κ3) is 4.54. The predicted octanol–water partition coefficient (Wildman–Crippen LogP) is 5.16. The summed E-state index contributed by atoms with van der Waals surface area (Å²) in [6, 6.07) is 19.3. The highest BCUT2D eigenvalue weighted by Gasteiger charge is 2.28. The number of aromatic hydroxyl groups is 1. The molecule has 1 aliphatic rings. The summed E-state index contributed by atoms with van der Waals surface area (Å²) in [5.74, 6) is 0.996. The molecular formula is C25H25FN2O3. The predicted molar refractivity (Wildman–Crippen MR) is 118 cm³/mol. The number of hydrogen-bond donors (Lipinski definition) is 2. The fraction of sp³-hybridized carbons (Fsp3) is 0.240. The minimum Gasteiger partial charge on any atom is -0.504 e. The van der Waals surface area contributed by atoms with Gasteiger partial charge in [0.25, 0.3) is 0 Å². The lowest BCUT2D eigenvalue weighted by atomic mass is 9.93. The molecule has 0 radical (unpaired) electrons.